The van der Waals surface area contributed by atoms with E-state index in [0.29, 0.717) is 11.1 Å². The molecule has 11 nitrogen and oxygen atoms in total. The van der Waals surface area contributed by atoms with Crippen LogP contribution in [0, 0.1) is 0 Å². The van der Waals surface area contributed by atoms with Gasteiger partial charge in [0, 0.05) is 23.6 Å². The van der Waals surface area contributed by atoms with Crippen molar-refractivity contribution in [2.45, 2.75) is 12.2 Å². The first-order chi connectivity index (χ1) is 19.0. The monoisotopic (exact) mass is 544 g/mol. The van der Waals surface area contributed by atoms with Crippen molar-refractivity contribution in [2.75, 3.05) is 0 Å². The van der Waals surface area contributed by atoms with Crippen LogP contribution in [0.25, 0.3) is 0 Å². The third-order valence-corrected chi connectivity index (χ3v) is 5.91. The second-order valence-corrected chi connectivity index (χ2v) is 8.54. The Bertz CT molecular complexity index is 1520. The summed E-state index contributed by atoms with van der Waals surface area (Å²) >= 11 is 0. The number of carbonyl (C=O) groups excluding carboxylic acids is 1. The lowest BCUT2D eigenvalue weighted by Gasteiger charge is -2.33. The number of ether oxygens (including phenoxy) is 2. The molecule has 0 saturated carbocycles. The summed E-state index contributed by atoms with van der Waals surface area (Å²) in [4.78, 5) is 59.1. The predicted octanol–water partition coefficient (Wildman–Crippen LogP) is 4.40. The highest BCUT2D eigenvalue weighted by atomic mass is 16.7. The van der Waals surface area contributed by atoms with Crippen LogP contribution in [0.1, 0.15) is 58.2 Å². The Kier molecular flexibility index (Phi) is 7.48. The van der Waals surface area contributed by atoms with Gasteiger partial charge in [-0.3, -0.25) is 4.79 Å². The average molecular weight is 544 g/mol. The molecule has 0 unspecified atom stereocenters. The number of allylic oxidation sites excluding steroid dienone is 2. The molecular weight excluding hydrogens is 524 g/mol. The number of carboxylic acids is 4. The molecule has 1 aliphatic carbocycles. The molecule has 40 heavy (non-hydrogen) atoms. The Labute approximate surface area is 225 Å². The van der Waals surface area contributed by atoms with Gasteiger partial charge in [-0.15, -0.1) is 0 Å². The first kappa shape index (κ1) is 27.3. The molecule has 0 spiro atoms. The van der Waals surface area contributed by atoms with E-state index in [1.165, 1.54) is 30.4 Å². The third kappa shape index (κ3) is 5.73. The lowest BCUT2D eigenvalue weighted by Crippen LogP contribution is -2.41. The molecule has 4 N–H and O–H groups in total. The van der Waals surface area contributed by atoms with E-state index in [4.69, 9.17) is 9.47 Å². The summed E-state index contributed by atoms with van der Waals surface area (Å²) in [6, 6.07) is 15.0. The minimum absolute atomic E-state index is 0.0982. The van der Waals surface area contributed by atoms with Gasteiger partial charge in [-0.2, -0.15) is 0 Å². The van der Waals surface area contributed by atoms with Gasteiger partial charge in [0.25, 0.3) is 5.79 Å². The molecule has 4 rings (SSSR count). The summed E-state index contributed by atoms with van der Waals surface area (Å²) in [6.07, 6.45) is 4.19. The zero-order valence-corrected chi connectivity index (χ0v) is 20.4. The quantitative estimate of drug-likeness (QED) is 0.209. The van der Waals surface area contributed by atoms with E-state index in [1.54, 1.807) is 30.3 Å². The lowest BCUT2D eigenvalue weighted by atomic mass is 9.95. The summed E-state index contributed by atoms with van der Waals surface area (Å²) in [5, 5.41) is 37.6. The number of benzene rings is 3. The maximum Gasteiger partial charge on any atom is 0.336 e. The standard InChI is InChI=1S/C29H20O11/c30-24(16-4-2-1-3-5-16)17-10-12-29(13-11-17,39-18-6-8-20(25(31)32)22(14-18)27(35)36)40-19-7-9-21(26(33)34)23(15-19)28(37)38/h1-12,14-15H,13H2,(H,31,32)(H,33,34)(H,35,36)(H,37,38). The predicted molar refractivity (Wildman–Crippen MR) is 137 cm³/mol. The Morgan fingerprint density at radius 1 is 0.625 bits per heavy atom. The van der Waals surface area contributed by atoms with Crippen LogP contribution in [-0.4, -0.2) is 55.9 Å². The molecule has 3 aromatic rings. The Morgan fingerprint density at radius 2 is 1.10 bits per heavy atom. The van der Waals surface area contributed by atoms with Gasteiger partial charge < -0.3 is 29.9 Å². The number of ketones is 1. The van der Waals surface area contributed by atoms with E-state index in [0.717, 1.165) is 24.3 Å². The molecule has 0 aromatic heterocycles. The van der Waals surface area contributed by atoms with Crippen LogP contribution in [0.15, 0.2) is 90.5 Å². The fraction of sp³-hybridized carbons (Fsp3) is 0.0690. The second-order valence-electron chi connectivity index (χ2n) is 8.54. The fourth-order valence-electron chi connectivity index (χ4n) is 4.00. The number of carbonyl (C=O) groups is 5. The molecule has 0 atom stereocenters. The molecular formula is C29H20O11. The normalized spacial score (nSPS) is 13.6. The van der Waals surface area contributed by atoms with Crippen molar-refractivity contribution >= 4 is 29.7 Å². The van der Waals surface area contributed by atoms with Crippen LogP contribution in [0.2, 0.25) is 0 Å². The van der Waals surface area contributed by atoms with E-state index >= 15 is 0 Å². The van der Waals surface area contributed by atoms with Gasteiger partial charge in [0.15, 0.2) is 5.78 Å². The fourth-order valence-corrected chi connectivity index (χ4v) is 4.00. The van der Waals surface area contributed by atoms with E-state index in [9.17, 15) is 44.4 Å². The third-order valence-electron chi connectivity index (χ3n) is 5.91. The van der Waals surface area contributed by atoms with Crippen molar-refractivity contribution in [2.24, 2.45) is 0 Å². The number of carboxylic acid groups (broad SMARTS) is 4. The Hall–Kier alpha value is -5.71. The summed E-state index contributed by atoms with van der Waals surface area (Å²) in [6.45, 7) is 0. The number of hydrogen-bond acceptors (Lipinski definition) is 7. The van der Waals surface area contributed by atoms with Crippen molar-refractivity contribution < 1.29 is 53.9 Å². The largest absolute Gasteiger partial charge is 0.478 e. The maximum absolute atomic E-state index is 12.9. The molecule has 1 aliphatic rings. The first-order valence-electron chi connectivity index (χ1n) is 11.6. The average Bonchev–Trinajstić information content (AvgIpc) is 2.93. The highest BCUT2D eigenvalue weighted by molar-refractivity contribution is 6.10. The van der Waals surface area contributed by atoms with Crippen molar-refractivity contribution in [3.8, 4) is 11.5 Å². The highest BCUT2D eigenvalue weighted by Gasteiger charge is 2.35. The number of hydrogen-bond donors (Lipinski definition) is 4. The molecule has 0 heterocycles. The van der Waals surface area contributed by atoms with E-state index in [2.05, 4.69) is 0 Å². The van der Waals surface area contributed by atoms with E-state index in [-0.39, 0.29) is 23.7 Å². The van der Waals surface area contributed by atoms with Crippen molar-refractivity contribution in [1.82, 2.24) is 0 Å². The SMILES string of the molecule is O=C(C1=CCC(Oc2ccc(C(=O)O)c(C(=O)O)c2)(Oc2ccc(C(=O)O)c(C(=O)O)c2)C=C1)c1ccccc1. The van der Waals surface area contributed by atoms with Gasteiger partial charge in [-0.25, -0.2) is 19.2 Å². The van der Waals surface area contributed by atoms with Gasteiger partial charge in [0.1, 0.15) is 11.5 Å². The van der Waals surface area contributed by atoms with Crippen LogP contribution in [0.5, 0.6) is 11.5 Å². The highest BCUT2D eigenvalue weighted by Crippen LogP contribution is 2.33. The minimum atomic E-state index is -1.76. The van der Waals surface area contributed by atoms with E-state index < -0.39 is 51.9 Å². The van der Waals surface area contributed by atoms with Crippen LogP contribution in [0.3, 0.4) is 0 Å². The molecule has 0 aliphatic heterocycles. The van der Waals surface area contributed by atoms with Gasteiger partial charge >= 0.3 is 23.9 Å². The zero-order valence-electron chi connectivity index (χ0n) is 20.4. The van der Waals surface area contributed by atoms with Crippen LogP contribution >= 0.6 is 0 Å². The number of Topliss-reactive ketones (excluding diaryl/α,β-unsaturated/α-hetero) is 1. The minimum Gasteiger partial charge on any atom is -0.478 e. The van der Waals surface area contributed by atoms with Crippen LogP contribution < -0.4 is 9.47 Å². The van der Waals surface area contributed by atoms with Gasteiger partial charge in [0.05, 0.1) is 22.3 Å². The van der Waals surface area contributed by atoms with Gasteiger partial charge in [0.2, 0.25) is 0 Å². The molecule has 202 valence electrons. The number of rotatable bonds is 10. The Morgan fingerprint density at radius 3 is 1.50 bits per heavy atom. The first-order valence-corrected chi connectivity index (χ1v) is 11.6. The second kappa shape index (κ2) is 11.0. The smallest absolute Gasteiger partial charge is 0.336 e. The molecule has 0 saturated heterocycles. The summed E-state index contributed by atoms with van der Waals surface area (Å²) < 4.78 is 12.0. The lowest BCUT2D eigenvalue weighted by molar-refractivity contribution is -0.0690. The number of aromatic carboxylic acids is 4. The summed E-state index contributed by atoms with van der Waals surface area (Å²) in [5.74, 6) is -8.19. The topological polar surface area (TPSA) is 185 Å². The molecule has 11 heteroatoms. The van der Waals surface area contributed by atoms with Gasteiger partial charge in [-0.05, 0) is 42.5 Å². The van der Waals surface area contributed by atoms with Crippen molar-refractivity contribution in [3.05, 3.63) is 118 Å². The molecule has 0 radical (unpaired) electrons. The summed E-state index contributed by atoms with van der Waals surface area (Å²) in [7, 11) is 0. The summed E-state index contributed by atoms with van der Waals surface area (Å²) in [5.41, 5.74) is -1.31. The molecule has 0 fully saturated rings. The van der Waals surface area contributed by atoms with Crippen LogP contribution in [0.4, 0.5) is 0 Å². The Balaban J connectivity index is 1.74. The molecule has 3 aromatic carbocycles. The van der Waals surface area contributed by atoms with Crippen molar-refractivity contribution in [1.29, 1.82) is 0 Å². The van der Waals surface area contributed by atoms with Gasteiger partial charge in [-0.1, -0.05) is 36.4 Å². The van der Waals surface area contributed by atoms with Crippen LogP contribution in [-0.2, 0) is 0 Å². The zero-order chi connectivity index (χ0) is 29.0. The molecule has 0 bridgehead atoms. The van der Waals surface area contributed by atoms with Crippen molar-refractivity contribution in [3.63, 3.8) is 0 Å². The molecule has 0 amide bonds. The maximum atomic E-state index is 12.9. The van der Waals surface area contributed by atoms with E-state index in [1.807, 2.05) is 0 Å².